The highest BCUT2D eigenvalue weighted by Crippen LogP contribution is 2.26. The molecule has 1 N–H and O–H groups in total. The van der Waals surface area contributed by atoms with E-state index in [1.54, 1.807) is 6.07 Å². The van der Waals surface area contributed by atoms with Gasteiger partial charge in [0.15, 0.2) is 0 Å². The summed E-state index contributed by atoms with van der Waals surface area (Å²) >= 11 is 0. The number of nitrogens with zero attached hydrogens (tertiary/aromatic N) is 1. The predicted molar refractivity (Wildman–Crippen MR) is 73.7 cm³/mol. The summed E-state index contributed by atoms with van der Waals surface area (Å²) in [5, 5.41) is 3.01. The van der Waals surface area contributed by atoms with Gasteiger partial charge < -0.3 is 10.2 Å². The van der Waals surface area contributed by atoms with E-state index in [0.717, 1.165) is 11.3 Å². The molecule has 3 heteroatoms. The minimum absolute atomic E-state index is 0.200. The molecule has 94 valence electrons. The number of hydrogen-bond acceptors (Lipinski definition) is 2. The Bertz CT molecular complexity index is 511. The fraction of sp³-hybridized carbons (Fsp3) is 0.200. The molecule has 0 unspecified atom stereocenters. The van der Waals surface area contributed by atoms with E-state index < -0.39 is 0 Å². The van der Waals surface area contributed by atoms with E-state index in [4.69, 9.17) is 0 Å². The van der Waals surface area contributed by atoms with Gasteiger partial charge in [-0.2, -0.15) is 0 Å². The summed E-state index contributed by atoms with van der Waals surface area (Å²) in [6.07, 6.45) is 0. The normalized spacial score (nSPS) is 10.4. The van der Waals surface area contributed by atoms with Gasteiger partial charge in [-0.3, -0.25) is 0 Å². The van der Waals surface area contributed by atoms with Crippen molar-refractivity contribution in [2.24, 2.45) is 0 Å². The van der Waals surface area contributed by atoms with Gasteiger partial charge in [-0.05, 0) is 36.9 Å². The maximum absolute atomic E-state index is 14.0. The van der Waals surface area contributed by atoms with E-state index in [1.165, 1.54) is 0 Å². The molecule has 0 saturated heterocycles. The first-order chi connectivity index (χ1) is 8.72. The molecule has 2 nitrogen and oxygen atoms in total. The largest absolute Gasteiger partial charge is 0.342 e. The molecule has 0 aliphatic carbocycles. The fourth-order valence-electron chi connectivity index (χ4n) is 1.93. The van der Waals surface area contributed by atoms with Crippen molar-refractivity contribution in [3.05, 3.63) is 59.9 Å². The first-order valence-corrected chi connectivity index (χ1v) is 5.94. The summed E-state index contributed by atoms with van der Waals surface area (Å²) in [5.41, 5.74) is 2.50. The zero-order valence-electron chi connectivity index (χ0n) is 10.7. The Kier molecular flexibility index (Phi) is 3.95. The zero-order chi connectivity index (χ0) is 13.0. The molecule has 18 heavy (non-hydrogen) atoms. The number of halogens is 1. The highest BCUT2D eigenvalue weighted by Gasteiger charge is 2.09. The van der Waals surface area contributed by atoms with Crippen molar-refractivity contribution in [3.63, 3.8) is 0 Å². The average Bonchev–Trinajstić information content (AvgIpc) is 2.40. The molecule has 0 aliphatic heterocycles. The number of rotatable bonds is 4. The third-order valence-corrected chi connectivity index (χ3v) is 2.90. The third-order valence-electron chi connectivity index (χ3n) is 2.90. The van der Waals surface area contributed by atoms with E-state index >= 15 is 0 Å². The molecule has 0 radical (unpaired) electrons. The second-order valence-corrected chi connectivity index (χ2v) is 4.21. The average molecular weight is 244 g/mol. The molecule has 0 spiro atoms. The summed E-state index contributed by atoms with van der Waals surface area (Å²) in [7, 11) is 3.72. The van der Waals surface area contributed by atoms with E-state index in [0.29, 0.717) is 12.2 Å². The smallest absolute Gasteiger partial charge is 0.147 e. The lowest BCUT2D eigenvalue weighted by Crippen LogP contribution is -2.12. The standard InChI is InChI=1S/C15H17FN2/c1-17-11-12-8-9-15(14(16)10-12)18(2)13-6-4-3-5-7-13/h3-10,17H,11H2,1-2H3. The van der Waals surface area contributed by atoms with E-state index in [2.05, 4.69) is 5.32 Å². The Morgan fingerprint density at radius 2 is 1.83 bits per heavy atom. The van der Waals surface area contributed by atoms with Gasteiger partial charge in [0.05, 0.1) is 5.69 Å². The van der Waals surface area contributed by atoms with Crippen LogP contribution < -0.4 is 10.2 Å². The Morgan fingerprint density at radius 3 is 2.44 bits per heavy atom. The minimum atomic E-state index is -0.200. The molecule has 0 atom stereocenters. The predicted octanol–water partition coefficient (Wildman–Crippen LogP) is 3.31. The zero-order valence-corrected chi connectivity index (χ0v) is 10.7. The second-order valence-electron chi connectivity index (χ2n) is 4.21. The molecule has 0 aliphatic rings. The van der Waals surface area contributed by atoms with Gasteiger partial charge in [-0.1, -0.05) is 24.3 Å². The molecule has 0 amide bonds. The molecule has 2 rings (SSSR count). The van der Waals surface area contributed by atoms with E-state index in [9.17, 15) is 4.39 Å². The summed E-state index contributed by atoms with van der Waals surface area (Å²) in [4.78, 5) is 1.85. The van der Waals surface area contributed by atoms with Gasteiger partial charge in [-0.25, -0.2) is 4.39 Å². The molecular formula is C15H17FN2. The quantitative estimate of drug-likeness (QED) is 0.887. The van der Waals surface area contributed by atoms with Crippen LogP contribution in [0.1, 0.15) is 5.56 Å². The van der Waals surface area contributed by atoms with E-state index in [1.807, 2.05) is 61.5 Å². The van der Waals surface area contributed by atoms with Gasteiger partial charge in [0, 0.05) is 19.3 Å². The van der Waals surface area contributed by atoms with Crippen LogP contribution in [-0.4, -0.2) is 14.1 Å². The van der Waals surface area contributed by atoms with Crippen molar-refractivity contribution in [1.29, 1.82) is 0 Å². The number of anilines is 2. The lowest BCUT2D eigenvalue weighted by atomic mass is 10.1. The maximum atomic E-state index is 14.0. The Balaban J connectivity index is 2.28. The van der Waals surface area contributed by atoms with Crippen LogP contribution in [0, 0.1) is 5.82 Å². The highest BCUT2D eigenvalue weighted by atomic mass is 19.1. The van der Waals surface area contributed by atoms with E-state index in [-0.39, 0.29) is 5.82 Å². The summed E-state index contributed by atoms with van der Waals surface area (Å²) in [6.45, 7) is 0.673. The Labute approximate surface area is 107 Å². The van der Waals surface area contributed by atoms with Crippen LogP contribution in [0.4, 0.5) is 15.8 Å². The monoisotopic (exact) mass is 244 g/mol. The van der Waals surface area contributed by atoms with Crippen molar-refractivity contribution in [2.75, 3.05) is 19.0 Å². The molecule has 2 aromatic carbocycles. The molecule has 0 aromatic heterocycles. The van der Waals surface area contributed by atoms with Crippen LogP contribution in [-0.2, 0) is 6.54 Å². The first-order valence-electron chi connectivity index (χ1n) is 5.94. The van der Waals surface area contributed by atoms with Gasteiger partial charge in [0.1, 0.15) is 5.82 Å². The van der Waals surface area contributed by atoms with Crippen LogP contribution in [0.25, 0.3) is 0 Å². The molecular weight excluding hydrogens is 227 g/mol. The van der Waals surface area contributed by atoms with Crippen LogP contribution in [0.5, 0.6) is 0 Å². The van der Waals surface area contributed by atoms with Crippen molar-refractivity contribution < 1.29 is 4.39 Å². The Hall–Kier alpha value is -1.87. The van der Waals surface area contributed by atoms with Crippen LogP contribution >= 0.6 is 0 Å². The first kappa shape index (κ1) is 12.6. The fourth-order valence-corrected chi connectivity index (χ4v) is 1.93. The maximum Gasteiger partial charge on any atom is 0.147 e. The van der Waals surface area contributed by atoms with Gasteiger partial charge in [0.2, 0.25) is 0 Å². The third kappa shape index (κ3) is 2.68. The lowest BCUT2D eigenvalue weighted by Gasteiger charge is -2.20. The molecule has 2 aromatic rings. The SMILES string of the molecule is CNCc1ccc(N(C)c2ccccc2)c(F)c1. The second kappa shape index (κ2) is 5.65. The van der Waals surface area contributed by atoms with Gasteiger partial charge in [0.25, 0.3) is 0 Å². The van der Waals surface area contributed by atoms with Crippen molar-refractivity contribution in [3.8, 4) is 0 Å². The minimum Gasteiger partial charge on any atom is -0.342 e. The van der Waals surface area contributed by atoms with Gasteiger partial charge >= 0.3 is 0 Å². The summed E-state index contributed by atoms with van der Waals surface area (Å²) in [5.74, 6) is -0.200. The highest BCUT2D eigenvalue weighted by molar-refractivity contribution is 5.63. The molecule has 0 fully saturated rings. The Morgan fingerprint density at radius 1 is 1.11 bits per heavy atom. The number of hydrogen-bond donors (Lipinski definition) is 1. The number of para-hydroxylation sites is 1. The van der Waals surface area contributed by atoms with Crippen molar-refractivity contribution in [2.45, 2.75) is 6.54 Å². The van der Waals surface area contributed by atoms with Crippen molar-refractivity contribution in [1.82, 2.24) is 5.32 Å². The summed E-state index contributed by atoms with van der Waals surface area (Å²) < 4.78 is 14.0. The summed E-state index contributed by atoms with van der Waals surface area (Å²) in [6, 6.07) is 15.1. The van der Waals surface area contributed by atoms with Gasteiger partial charge in [-0.15, -0.1) is 0 Å². The molecule has 0 bridgehead atoms. The van der Waals surface area contributed by atoms with Crippen LogP contribution in [0.2, 0.25) is 0 Å². The van der Waals surface area contributed by atoms with Crippen LogP contribution in [0.3, 0.4) is 0 Å². The number of nitrogens with one attached hydrogen (secondary N) is 1. The lowest BCUT2D eigenvalue weighted by molar-refractivity contribution is 0.623. The van der Waals surface area contributed by atoms with Crippen molar-refractivity contribution >= 4 is 11.4 Å². The molecule has 0 heterocycles. The molecule has 0 saturated carbocycles. The topological polar surface area (TPSA) is 15.3 Å². The number of benzene rings is 2. The van der Waals surface area contributed by atoms with Crippen LogP contribution in [0.15, 0.2) is 48.5 Å².